The van der Waals surface area contributed by atoms with E-state index in [1.165, 1.54) is 4.68 Å². The normalized spacial score (nSPS) is 11.5. The van der Waals surface area contributed by atoms with Crippen molar-refractivity contribution in [2.24, 2.45) is 0 Å². The van der Waals surface area contributed by atoms with Gasteiger partial charge in [-0.3, -0.25) is 4.68 Å². The first-order valence-electron chi connectivity index (χ1n) is 8.25. The molecule has 0 fully saturated rings. The predicted octanol–water partition coefficient (Wildman–Crippen LogP) is 3.71. The summed E-state index contributed by atoms with van der Waals surface area (Å²) in [7, 11) is 0. The molecule has 0 aliphatic rings. The fourth-order valence-electron chi connectivity index (χ4n) is 2.85. The van der Waals surface area contributed by atoms with Gasteiger partial charge >= 0.3 is 0 Å². The zero-order valence-corrected chi connectivity index (χ0v) is 14.0. The van der Waals surface area contributed by atoms with E-state index in [1.807, 2.05) is 19.1 Å². The van der Waals surface area contributed by atoms with Gasteiger partial charge in [0.1, 0.15) is 23.7 Å². The quantitative estimate of drug-likeness (QED) is 0.593. The van der Waals surface area contributed by atoms with Crippen molar-refractivity contribution >= 4 is 11.0 Å². The maximum absolute atomic E-state index is 12.8. The molecule has 4 rings (SSSR count). The van der Waals surface area contributed by atoms with Gasteiger partial charge in [0.2, 0.25) is 0 Å². The van der Waals surface area contributed by atoms with Crippen LogP contribution in [0.25, 0.3) is 33.5 Å². The highest BCUT2D eigenvalue weighted by Gasteiger charge is 2.17. The zero-order chi connectivity index (χ0) is 18.1. The van der Waals surface area contributed by atoms with E-state index in [2.05, 4.69) is 25.0 Å². The molecule has 132 valence electrons. The van der Waals surface area contributed by atoms with E-state index in [0.717, 1.165) is 16.6 Å². The molecule has 0 bridgehead atoms. The van der Waals surface area contributed by atoms with E-state index in [9.17, 15) is 8.78 Å². The van der Waals surface area contributed by atoms with Crippen molar-refractivity contribution in [3.05, 3.63) is 48.8 Å². The van der Waals surface area contributed by atoms with Crippen LogP contribution < -0.4 is 0 Å². The van der Waals surface area contributed by atoms with Crippen LogP contribution in [0, 0.1) is 0 Å². The van der Waals surface area contributed by atoms with Gasteiger partial charge in [-0.25, -0.2) is 23.7 Å². The van der Waals surface area contributed by atoms with Crippen molar-refractivity contribution < 1.29 is 8.78 Å². The minimum Gasteiger partial charge on any atom is -0.346 e. The summed E-state index contributed by atoms with van der Waals surface area (Å²) in [5.41, 5.74) is 3.41. The number of hydrogen-bond acceptors (Lipinski definition) is 4. The average Bonchev–Trinajstić information content (AvgIpc) is 3.27. The summed E-state index contributed by atoms with van der Waals surface area (Å²) in [4.78, 5) is 16.1. The molecule has 4 aromatic heterocycles. The van der Waals surface area contributed by atoms with Crippen LogP contribution in [-0.2, 0) is 13.0 Å². The number of alkyl halides is 2. The minimum atomic E-state index is -2.49. The number of aromatic amines is 1. The molecule has 8 heteroatoms. The summed E-state index contributed by atoms with van der Waals surface area (Å²) in [5.74, 6) is 0.689. The zero-order valence-electron chi connectivity index (χ0n) is 14.0. The lowest BCUT2D eigenvalue weighted by Gasteiger charge is -2.03. The topological polar surface area (TPSA) is 72.3 Å². The molecule has 0 radical (unpaired) electrons. The monoisotopic (exact) mass is 354 g/mol. The highest BCUT2D eigenvalue weighted by atomic mass is 19.3. The molecule has 4 aromatic rings. The highest BCUT2D eigenvalue weighted by molar-refractivity contribution is 5.85. The summed E-state index contributed by atoms with van der Waals surface area (Å²) in [5, 5.41) is 5.29. The van der Waals surface area contributed by atoms with Crippen molar-refractivity contribution in [1.82, 2.24) is 29.7 Å². The Hall–Kier alpha value is -3.16. The van der Waals surface area contributed by atoms with Gasteiger partial charge in [0.15, 0.2) is 0 Å². The molecule has 0 amide bonds. The highest BCUT2D eigenvalue weighted by Crippen LogP contribution is 2.31. The van der Waals surface area contributed by atoms with E-state index in [1.54, 1.807) is 30.9 Å². The molecule has 0 atom stereocenters. The molecule has 26 heavy (non-hydrogen) atoms. The van der Waals surface area contributed by atoms with Crippen LogP contribution in [0.15, 0.2) is 43.0 Å². The smallest absolute Gasteiger partial charge is 0.257 e. The Balaban J connectivity index is 1.87. The maximum Gasteiger partial charge on any atom is 0.257 e. The second-order valence-electron chi connectivity index (χ2n) is 5.86. The van der Waals surface area contributed by atoms with Gasteiger partial charge in [-0.15, -0.1) is 0 Å². The SMILES string of the molecule is CCc1nccc(-c2cn(CC(F)F)nc2-c2cnc3[nH]ccc3c2)n1. The fraction of sp³-hybridized carbons (Fsp3) is 0.222. The van der Waals surface area contributed by atoms with Crippen molar-refractivity contribution in [2.45, 2.75) is 26.3 Å². The third kappa shape index (κ3) is 3.05. The first kappa shape index (κ1) is 16.3. The molecule has 0 aliphatic carbocycles. The first-order valence-corrected chi connectivity index (χ1v) is 8.25. The summed E-state index contributed by atoms with van der Waals surface area (Å²) < 4.78 is 27.0. The number of hydrogen-bond donors (Lipinski definition) is 1. The maximum atomic E-state index is 12.8. The van der Waals surface area contributed by atoms with Gasteiger partial charge in [-0.2, -0.15) is 5.10 Å². The summed E-state index contributed by atoms with van der Waals surface area (Å²) in [6, 6.07) is 5.59. The van der Waals surface area contributed by atoms with Crippen molar-refractivity contribution in [3.8, 4) is 22.5 Å². The second kappa shape index (κ2) is 6.62. The number of aryl methyl sites for hydroxylation is 1. The van der Waals surface area contributed by atoms with Crippen LogP contribution in [0.1, 0.15) is 12.7 Å². The van der Waals surface area contributed by atoms with E-state index in [-0.39, 0.29) is 0 Å². The Morgan fingerprint density at radius 1 is 1.23 bits per heavy atom. The third-order valence-electron chi connectivity index (χ3n) is 4.06. The Kier molecular flexibility index (Phi) is 4.16. The van der Waals surface area contributed by atoms with Crippen LogP contribution >= 0.6 is 0 Å². The van der Waals surface area contributed by atoms with Gasteiger partial charge < -0.3 is 4.98 Å². The van der Waals surface area contributed by atoms with E-state index >= 15 is 0 Å². The summed E-state index contributed by atoms with van der Waals surface area (Å²) in [6.07, 6.45) is 4.95. The Bertz CT molecular complexity index is 1050. The van der Waals surface area contributed by atoms with Gasteiger partial charge in [-0.1, -0.05) is 6.92 Å². The number of rotatable bonds is 5. The second-order valence-corrected chi connectivity index (χ2v) is 5.86. The van der Waals surface area contributed by atoms with E-state index in [0.29, 0.717) is 29.2 Å². The molecule has 6 nitrogen and oxygen atoms in total. The Morgan fingerprint density at radius 3 is 2.92 bits per heavy atom. The van der Waals surface area contributed by atoms with Crippen molar-refractivity contribution in [1.29, 1.82) is 0 Å². The lowest BCUT2D eigenvalue weighted by Crippen LogP contribution is -2.06. The molecule has 0 saturated carbocycles. The van der Waals surface area contributed by atoms with Crippen LogP contribution in [-0.4, -0.2) is 36.1 Å². The van der Waals surface area contributed by atoms with Gasteiger partial charge in [0, 0.05) is 47.7 Å². The molecule has 4 heterocycles. The van der Waals surface area contributed by atoms with Crippen LogP contribution in [0.4, 0.5) is 8.78 Å². The van der Waals surface area contributed by atoms with E-state index in [4.69, 9.17) is 0 Å². The predicted molar refractivity (Wildman–Crippen MR) is 93.7 cm³/mol. The van der Waals surface area contributed by atoms with Crippen molar-refractivity contribution in [2.75, 3.05) is 0 Å². The average molecular weight is 354 g/mol. The lowest BCUT2D eigenvalue weighted by molar-refractivity contribution is 0.122. The molecular formula is C18H16F2N6. The Labute approximate surface area is 147 Å². The molecule has 0 unspecified atom stereocenters. The summed E-state index contributed by atoms with van der Waals surface area (Å²) in [6.45, 7) is 1.49. The largest absolute Gasteiger partial charge is 0.346 e. The van der Waals surface area contributed by atoms with E-state index < -0.39 is 13.0 Å². The number of aromatic nitrogens is 6. The minimum absolute atomic E-state index is 0.474. The van der Waals surface area contributed by atoms with Crippen LogP contribution in [0.3, 0.4) is 0 Å². The standard InChI is InChI=1S/C18H16F2N6/c1-2-16-21-6-4-14(24-16)13-9-26(10-15(19)20)25-17(13)12-7-11-3-5-22-18(11)23-8-12/h3-9,15H,2,10H2,1H3,(H,22,23). The Morgan fingerprint density at radius 2 is 2.12 bits per heavy atom. The third-order valence-corrected chi connectivity index (χ3v) is 4.06. The molecule has 0 aromatic carbocycles. The number of H-pyrrole nitrogens is 1. The first-order chi connectivity index (χ1) is 12.6. The van der Waals surface area contributed by atoms with Crippen LogP contribution in [0.5, 0.6) is 0 Å². The molecular weight excluding hydrogens is 338 g/mol. The number of halogens is 2. The lowest BCUT2D eigenvalue weighted by atomic mass is 10.1. The van der Waals surface area contributed by atoms with Gasteiger partial charge in [0.25, 0.3) is 6.43 Å². The van der Waals surface area contributed by atoms with Gasteiger partial charge in [-0.05, 0) is 18.2 Å². The fourth-order valence-corrected chi connectivity index (χ4v) is 2.85. The van der Waals surface area contributed by atoms with Crippen LogP contribution in [0.2, 0.25) is 0 Å². The molecule has 0 saturated heterocycles. The molecule has 0 spiro atoms. The number of pyridine rings is 1. The molecule has 1 N–H and O–H groups in total. The number of nitrogens with one attached hydrogen (secondary N) is 1. The number of nitrogens with zero attached hydrogens (tertiary/aromatic N) is 5. The van der Waals surface area contributed by atoms with Gasteiger partial charge in [0.05, 0.1) is 5.69 Å². The molecule has 0 aliphatic heterocycles. The van der Waals surface area contributed by atoms with Crippen molar-refractivity contribution in [3.63, 3.8) is 0 Å². The summed E-state index contributed by atoms with van der Waals surface area (Å²) >= 11 is 0. The number of fused-ring (bicyclic) bond motifs is 1.